The van der Waals surface area contributed by atoms with Gasteiger partial charge in [-0.25, -0.2) is 8.78 Å². The van der Waals surface area contributed by atoms with Crippen LogP contribution in [0.1, 0.15) is 26.7 Å². The third-order valence-electron chi connectivity index (χ3n) is 1.72. The minimum absolute atomic E-state index is 0.132. The maximum Gasteiger partial charge on any atom is 0.272 e. The molecule has 2 fully saturated rings. The fourth-order valence-corrected chi connectivity index (χ4v) is 0.939. The Morgan fingerprint density at radius 2 is 1.31 bits per heavy atom. The van der Waals surface area contributed by atoms with Gasteiger partial charge in [-0.1, -0.05) is 13.8 Å². The Bertz CT molecular complexity index is 101. The van der Waals surface area contributed by atoms with Crippen LogP contribution in [-0.2, 0) is 0 Å². The molecule has 2 rings (SSSR count). The molecular formula is C9H20F2N2. The topological polar surface area (TPSA) is 24.1 Å². The zero-order valence-electron chi connectivity index (χ0n) is 8.50. The number of hydrogen-bond donors (Lipinski definition) is 2. The molecule has 2 N–H and O–H groups in total. The van der Waals surface area contributed by atoms with Crippen molar-refractivity contribution in [3.63, 3.8) is 0 Å². The first-order valence-corrected chi connectivity index (χ1v) is 5.00. The van der Waals surface area contributed by atoms with Crippen LogP contribution in [0, 0.1) is 0 Å². The van der Waals surface area contributed by atoms with Crippen molar-refractivity contribution in [3.05, 3.63) is 0 Å². The zero-order valence-corrected chi connectivity index (χ0v) is 8.50. The highest BCUT2D eigenvalue weighted by atomic mass is 19.3. The molecule has 2 heterocycles. The first-order chi connectivity index (χ1) is 6.21. The minimum Gasteiger partial charge on any atom is -0.317 e. The van der Waals surface area contributed by atoms with Crippen LogP contribution in [0.4, 0.5) is 8.78 Å². The van der Waals surface area contributed by atoms with E-state index < -0.39 is 5.92 Å². The second-order valence-electron chi connectivity index (χ2n) is 2.92. The first kappa shape index (κ1) is 12.8. The second kappa shape index (κ2) is 7.21. The first-order valence-electron chi connectivity index (χ1n) is 5.00. The van der Waals surface area contributed by atoms with Gasteiger partial charge in [-0.2, -0.15) is 0 Å². The van der Waals surface area contributed by atoms with E-state index in [1.807, 2.05) is 13.8 Å². The van der Waals surface area contributed by atoms with Crippen molar-refractivity contribution in [2.24, 2.45) is 0 Å². The number of halogens is 2. The fourth-order valence-electron chi connectivity index (χ4n) is 0.939. The predicted octanol–water partition coefficient (Wildman–Crippen LogP) is 1.62. The SMILES string of the molecule is C1CCNC1.CC.FC1(F)CNC1. The molecule has 0 bridgehead atoms. The molecule has 0 atom stereocenters. The molecule has 0 amide bonds. The second-order valence-corrected chi connectivity index (χ2v) is 2.92. The van der Waals surface area contributed by atoms with Crippen LogP contribution in [-0.4, -0.2) is 32.1 Å². The third-order valence-corrected chi connectivity index (χ3v) is 1.72. The lowest BCUT2D eigenvalue weighted by Crippen LogP contribution is -2.52. The van der Waals surface area contributed by atoms with E-state index in [2.05, 4.69) is 10.6 Å². The monoisotopic (exact) mass is 194 g/mol. The van der Waals surface area contributed by atoms with Gasteiger partial charge in [0, 0.05) is 0 Å². The summed E-state index contributed by atoms with van der Waals surface area (Å²) in [6, 6.07) is 0. The molecule has 0 saturated carbocycles. The highest BCUT2D eigenvalue weighted by Crippen LogP contribution is 2.16. The van der Waals surface area contributed by atoms with Crippen molar-refractivity contribution in [1.82, 2.24) is 10.6 Å². The Morgan fingerprint density at radius 1 is 0.923 bits per heavy atom. The summed E-state index contributed by atoms with van der Waals surface area (Å²) >= 11 is 0. The Hall–Kier alpha value is -0.220. The molecule has 2 saturated heterocycles. The highest BCUT2D eigenvalue weighted by molar-refractivity contribution is 4.81. The van der Waals surface area contributed by atoms with Crippen molar-refractivity contribution in [2.45, 2.75) is 32.6 Å². The van der Waals surface area contributed by atoms with E-state index in [1.54, 1.807) is 0 Å². The van der Waals surface area contributed by atoms with Gasteiger partial charge in [0.05, 0.1) is 13.1 Å². The third kappa shape index (κ3) is 6.90. The Labute approximate surface area is 79.1 Å². The Balaban J connectivity index is 0.000000189. The van der Waals surface area contributed by atoms with Crippen molar-refractivity contribution in [1.29, 1.82) is 0 Å². The van der Waals surface area contributed by atoms with E-state index in [4.69, 9.17) is 0 Å². The van der Waals surface area contributed by atoms with Crippen LogP contribution in [0.25, 0.3) is 0 Å². The van der Waals surface area contributed by atoms with Gasteiger partial charge in [-0.3, -0.25) is 0 Å². The molecule has 0 unspecified atom stereocenters. The summed E-state index contributed by atoms with van der Waals surface area (Å²) in [4.78, 5) is 0. The van der Waals surface area contributed by atoms with E-state index in [0.29, 0.717) is 0 Å². The average Bonchev–Trinajstić information content (AvgIpc) is 2.63. The van der Waals surface area contributed by atoms with Crippen molar-refractivity contribution in [3.8, 4) is 0 Å². The molecule has 13 heavy (non-hydrogen) atoms. The molecule has 0 aromatic rings. The standard InChI is InChI=1S/C4H9N.C3H5F2N.C2H6/c1-2-4-5-3-1;4-3(5)1-6-2-3;1-2/h5H,1-4H2;6H,1-2H2;1-2H3. The summed E-state index contributed by atoms with van der Waals surface area (Å²) in [6.45, 7) is 6.24. The van der Waals surface area contributed by atoms with Crippen LogP contribution in [0.5, 0.6) is 0 Å². The van der Waals surface area contributed by atoms with Gasteiger partial charge >= 0.3 is 0 Å². The van der Waals surface area contributed by atoms with E-state index in [-0.39, 0.29) is 13.1 Å². The molecule has 80 valence electrons. The van der Waals surface area contributed by atoms with Crippen LogP contribution in [0.15, 0.2) is 0 Å². The van der Waals surface area contributed by atoms with Crippen molar-refractivity contribution in [2.75, 3.05) is 26.2 Å². The Kier molecular flexibility index (Phi) is 7.09. The lowest BCUT2D eigenvalue weighted by Gasteiger charge is -2.25. The highest BCUT2D eigenvalue weighted by Gasteiger charge is 2.36. The quantitative estimate of drug-likeness (QED) is 0.612. The molecular weight excluding hydrogens is 174 g/mol. The van der Waals surface area contributed by atoms with Gasteiger partial charge in [-0.05, 0) is 25.9 Å². The number of rotatable bonds is 0. The zero-order chi connectivity index (χ0) is 10.2. The molecule has 2 aliphatic rings. The van der Waals surface area contributed by atoms with Gasteiger partial charge in [0.25, 0.3) is 5.92 Å². The average molecular weight is 194 g/mol. The molecule has 4 heteroatoms. The van der Waals surface area contributed by atoms with Gasteiger partial charge in [0.1, 0.15) is 0 Å². The molecule has 0 aromatic carbocycles. The van der Waals surface area contributed by atoms with Gasteiger partial charge < -0.3 is 10.6 Å². The largest absolute Gasteiger partial charge is 0.317 e. The molecule has 0 spiro atoms. The maximum absolute atomic E-state index is 11.5. The lowest BCUT2D eigenvalue weighted by molar-refractivity contribution is -0.0475. The maximum atomic E-state index is 11.5. The molecule has 0 aromatic heterocycles. The summed E-state index contributed by atoms with van der Waals surface area (Å²) in [5, 5.41) is 5.67. The molecule has 2 nitrogen and oxygen atoms in total. The van der Waals surface area contributed by atoms with Crippen LogP contribution in [0.3, 0.4) is 0 Å². The van der Waals surface area contributed by atoms with Gasteiger partial charge in [0.2, 0.25) is 0 Å². The van der Waals surface area contributed by atoms with Crippen molar-refractivity contribution >= 4 is 0 Å². The van der Waals surface area contributed by atoms with E-state index >= 15 is 0 Å². The van der Waals surface area contributed by atoms with Crippen LogP contribution < -0.4 is 10.6 Å². The molecule has 2 aliphatic heterocycles. The van der Waals surface area contributed by atoms with Crippen LogP contribution >= 0.6 is 0 Å². The summed E-state index contributed by atoms with van der Waals surface area (Å²) in [5.41, 5.74) is 0. The predicted molar refractivity (Wildman–Crippen MR) is 51.3 cm³/mol. The van der Waals surface area contributed by atoms with Gasteiger partial charge in [-0.15, -0.1) is 0 Å². The minimum atomic E-state index is -2.39. The van der Waals surface area contributed by atoms with E-state index in [1.165, 1.54) is 25.9 Å². The summed E-state index contributed by atoms with van der Waals surface area (Å²) < 4.78 is 23.0. The number of alkyl halides is 2. The molecule has 0 aliphatic carbocycles. The summed E-state index contributed by atoms with van der Waals surface area (Å²) in [7, 11) is 0. The Morgan fingerprint density at radius 3 is 1.38 bits per heavy atom. The number of nitrogens with one attached hydrogen (secondary N) is 2. The van der Waals surface area contributed by atoms with Gasteiger partial charge in [0.15, 0.2) is 0 Å². The fraction of sp³-hybridized carbons (Fsp3) is 1.00. The van der Waals surface area contributed by atoms with Crippen molar-refractivity contribution < 1.29 is 8.78 Å². The summed E-state index contributed by atoms with van der Waals surface area (Å²) in [6.07, 6.45) is 2.78. The summed E-state index contributed by atoms with van der Waals surface area (Å²) in [5.74, 6) is -2.39. The van der Waals surface area contributed by atoms with Crippen LogP contribution in [0.2, 0.25) is 0 Å². The van der Waals surface area contributed by atoms with E-state index in [0.717, 1.165) is 0 Å². The number of hydrogen-bond acceptors (Lipinski definition) is 2. The normalized spacial score (nSPS) is 23.1. The lowest BCUT2D eigenvalue weighted by atomic mass is 10.2. The molecule has 0 radical (unpaired) electrons. The van der Waals surface area contributed by atoms with E-state index in [9.17, 15) is 8.78 Å². The smallest absolute Gasteiger partial charge is 0.272 e.